The highest BCUT2D eigenvalue weighted by molar-refractivity contribution is 5.79. The highest BCUT2D eigenvalue weighted by Gasteiger charge is 2.27. The Hall–Kier alpha value is -1.75. The number of rotatable bonds is 6. The number of carbonyl (C=O) groups excluding carboxylic acids is 1. The van der Waals surface area contributed by atoms with Crippen LogP contribution in [0.4, 0.5) is 0 Å². The van der Waals surface area contributed by atoms with Gasteiger partial charge in [0, 0.05) is 20.1 Å². The van der Waals surface area contributed by atoms with E-state index in [1.54, 1.807) is 12.0 Å². The van der Waals surface area contributed by atoms with Gasteiger partial charge in [0.25, 0.3) is 0 Å². The molecule has 5 heteroatoms. The van der Waals surface area contributed by atoms with Crippen LogP contribution in [-0.4, -0.2) is 51.2 Å². The van der Waals surface area contributed by atoms with E-state index in [2.05, 4.69) is 5.32 Å². The summed E-state index contributed by atoms with van der Waals surface area (Å²) in [6.07, 6.45) is 0. The molecule has 1 fully saturated rings. The van der Waals surface area contributed by atoms with E-state index in [0.29, 0.717) is 24.7 Å². The molecule has 0 aliphatic carbocycles. The van der Waals surface area contributed by atoms with Crippen molar-refractivity contribution in [1.29, 1.82) is 0 Å². The molecule has 1 aliphatic heterocycles. The summed E-state index contributed by atoms with van der Waals surface area (Å²) in [5.74, 6) is 1.73. The molecule has 1 aromatic rings. The number of carbonyl (C=O) groups is 1. The van der Waals surface area contributed by atoms with Crippen LogP contribution < -0.4 is 14.8 Å². The Kier molecular flexibility index (Phi) is 4.63. The number of para-hydroxylation sites is 2. The normalized spacial score (nSPS) is 14.6. The quantitative estimate of drug-likeness (QED) is 0.824. The van der Waals surface area contributed by atoms with Gasteiger partial charge < -0.3 is 19.7 Å². The van der Waals surface area contributed by atoms with Gasteiger partial charge in [-0.1, -0.05) is 12.1 Å². The van der Waals surface area contributed by atoms with Crippen molar-refractivity contribution in [2.75, 3.05) is 40.4 Å². The van der Waals surface area contributed by atoms with E-state index in [9.17, 15) is 4.79 Å². The summed E-state index contributed by atoms with van der Waals surface area (Å²) in [6.45, 7) is 2.61. The highest BCUT2D eigenvalue weighted by Crippen LogP contribution is 2.25. The number of ether oxygens (including phenoxy) is 2. The van der Waals surface area contributed by atoms with Crippen LogP contribution in [0.5, 0.6) is 11.5 Å². The van der Waals surface area contributed by atoms with Crippen LogP contribution in [0.3, 0.4) is 0 Å². The zero-order valence-electron chi connectivity index (χ0n) is 11.4. The zero-order chi connectivity index (χ0) is 13.7. The molecule has 1 saturated heterocycles. The first-order valence-corrected chi connectivity index (χ1v) is 6.44. The molecule has 1 heterocycles. The molecular weight excluding hydrogens is 244 g/mol. The predicted octanol–water partition coefficient (Wildman–Crippen LogP) is 0.752. The minimum Gasteiger partial charge on any atom is -0.493 e. The van der Waals surface area contributed by atoms with E-state index >= 15 is 0 Å². The van der Waals surface area contributed by atoms with E-state index in [4.69, 9.17) is 9.47 Å². The monoisotopic (exact) mass is 264 g/mol. The van der Waals surface area contributed by atoms with E-state index in [-0.39, 0.29) is 11.8 Å². The number of likely N-dealkylation sites (N-methyl/N-ethyl adjacent to an activating group) is 1. The summed E-state index contributed by atoms with van der Waals surface area (Å²) in [6, 6.07) is 7.50. The maximum Gasteiger partial charge on any atom is 0.228 e. The number of nitrogens with zero attached hydrogens (tertiary/aromatic N) is 1. The Morgan fingerprint density at radius 3 is 2.63 bits per heavy atom. The number of hydrogen-bond donors (Lipinski definition) is 1. The Balaban J connectivity index is 1.77. The maximum absolute atomic E-state index is 11.9. The van der Waals surface area contributed by atoms with Gasteiger partial charge in [0.05, 0.1) is 19.6 Å². The molecule has 1 N–H and O–H groups in total. The zero-order valence-corrected chi connectivity index (χ0v) is 11.4. The second kappa shape index (κ2) is 6.43. The summed E-state index contributed by atoms with van der Waals surface area (Å²) < 4.78 is 10.8. The second-order valence-corrected chi connectivity index (χ2v) is 4.61. The van der Waals surface area contributed by atoms with Crippen LogP contribution in [0.2, 0.25) is 0 Å². The van der Waals surface area contributed by atoms with Crippen molar-refractivity contribution in [2.45, 2.75) is 0 Å². The number of methoxy groups -OCH3 is 1. The molecule has 19 heavy (non-hydrogen) atoms. The van der Waals surface area contributed by atoms with Crippen LogP contribution in [0.15, 0.2) is 24.3 Å². The van der Waals surface area contributed by atoms with E-state index in [1.165, 1.54) is 0 Å². The third-order valence-corrected chi connectivity index (χ3v) is 3.26. The Bertz CT molecular complexity index is 432. The van der Waals surface area contributed by atoms with E-state index in [0.717, 1.165) is 13.1 Å². The smallest absolute Gasteiger partial charge is 0.228 e. The summed E-state index contributed by atoms with van der Waals surface area (Å²) in [5, 5.41) is 3.10. The van der Waals surface area contributed by atoms with Crippen molar-refractivity contribution < 1.29 is 14.3 Å². The number of amides is 1. The van der Waals surface area contributed by atoms with Crippen LogP contribution in [0.25, 0.3) is 0 Å². The first-order chi connectivity index (χ1) is 9.22. The molecule has 0 spiro atoms. The molecule has 0 saturated carbocycles. The van der Waals surface area contributed by atoms with Gasteiger partial charge in [0.1, 0.15) is 6.61 Å². The topological polar surface area (TPSA) is 50.8 Å². The third-order valence-electron chi connectivity index (χ3n) is 3.26. The lowest BCUT2D eigenvalue weighted by Gasteiger charge is -2.30. The fourth-order valence-corrected chi connectivity index (χ4v) is 1.92. The SMILES string of the molecule is COc1ccccc1OCCN(C)C(=O)C1CNC1. The van der Waals surface area contributed by atoms with Crippen LogP contribution in [0.1, 0.15) is 0 Å². The van der Waals surface area contributed by atoms with Gasteiger partial charge in [-0.2, -0.15) is 0 Å². The molecule has 0 aromatic heterocycles. The lowest BCUT2D eigenvalue weighted by atomic mass is 10.0. The van der Waals surface area contributed by atoms with Gasteiger partial charge >= 0.3 is 0 Å². The third kappa shape index (κ3) is 3.38. The number of benzene rings is 1. The van der Waals surface area contributed by atoms with Crippen LogP contribution in [0, 0.1) is 5.92 Å². The lowest BCUT2D eigenvalue weighted by Crippen LogP contribution is -2.51. The average Bonchev–Trinajstić information content (AvgIpc) is 2.37. The van der Waals surface area contributed by atoms with Gasteiger partial charge in [-0.15, -0.1) is 0 Å². The number of hydrogen-bond acceptors (Lipinski definition) is 4. The molecule has 104 valence electrons. The molecule has 0 unspecified atom stereocenters. The van der Waals surface area contributed by atoms with Crippen molar-refractivity contribution in [3.8, 4) is 11.5 Å². The van der Waals surface area contributed by atoms with Crippen molar-refractivity contribution in [3.05, 3.63) is 24.3 Å². The molecule has 0 radical (unpaired) electrons. The van der Waals surface area contributed by atoms with Crippen LogP contribution in [-0.2, 0) is 4.79 Å². The van der Waals surface area contributed by atoms with Crippen molar-refractivity contribution in [3.63, 3.8) is 0 Å². The Morgan fingerprint density at radius 1 is 1.37 bits per heavy atom. The molecule has 0 atom stereocenters. The van der Waals surface area contributed by atoms with Gasteiger partial charge in [-0.3, -0.25) is 4.79 Å². The lowest BCUT2D eigenvalue weighted by molar-refractivity contribution is -0.136. The minimum absolute atomic E-state index is 0.135. The summed E-state index contributed by atoms with van der Waals surface area (Å²) >= 11 is 0. The van der Waals surface area contributed by atoms with Gasteiger partial charge in [-0.05, 0) is 12.1 Å². The summed E-state index contributed by atoms with van der Waals surface area (Å²) in [7, 11) is 3.42. The number of nitrogens with one attached hydrogen (secondary N) is 1. The van der Waals surface area contributed by atoms with Crippen molar-refractivity contribution >= 4 is 5.91 Å². The molecule has 1 aliphatic rings. The molecule has 1 amide bonds. The maximum atomic E-state index is 11.9. The summed E-state index contributed by atoms with van der Waals surface area (Å²) in [4.78, 5) is 13.6. The second-order valence-electron chi connectivity index (χ2n) is 4.61. The van der Waals surface area contributed by atoms with E-state index < -0.39 is 0 Å². The fraction of sp³-hybridized carbons (Fsp3) is 0.500. The van der Waals surface area contributed by atoms with Crippen LogP contribution >= 0.6 is 0 Å². The van der Waals surface area contributed by atoms with Crippen molar-refractivity contribution in [2.24, 2.45) is 5.92 Å². The van der Waals surface area contributed by atoms with E-state index in [1.807, 2.05) is 31.3 Å². The van der Waals surface area contributed by atoms with Gasteiger partial charge in [-0.25, -0.2) is 0 Å². The first-order valence-electron chi connectivity index (χ1n) is 6.44. The molecule has 0 bridgehead atoms. The molecule has 2 rings (SSSR count). The molecule has 1 aromatic carbocycles. The summed E-state index contributed by atoms with van der Waals surface area (Å²) in [5.41, 5.74) is 0. The highest BCUT2D eigenvalue weighted by atomic mass is 16.5. The largest absolute Gasteiger partial charge is 0.493 e. The molecule has 5 nitrogen and oxygen atoms in total. The standard InChI is InChI=1S/C14H20N2O3/c1-16(14(17)11-9-15-10-11)7-8-19-13-6-4-3-5-12(13)18-2/h3-6,11,15H,7-10H2,1-2H3. The Morgan fingerprint density at radius 2 is 2.05 bits per heavy atom. The first kappa shape index (κ1) is 13.7. The average molecular weight is 264 g/mol. The fourth-order valence-electron chi connectivity index (χ4n) is 1.92. The minimum atomic E-state index is 0.135. The van der Waals surface area contributed by atoms with Crippen molar-refractivity contribution in [1.82, 2.24) is 10.2 Å². The molecular formula is C14H20N2O3. The Labute approximate surface area is 113 Å². The van der Waals surface area contributed by atoms with Gasteiger partial charge in [0.2, 0.25) is 5.91 Å². The van der Waals surface area contributed by atoms with Gasteiger partial charge in [0.15, 0.2) is 11.5 Å². The predicted molar refractivity (Wildman–Crippen MR) is 72.5 cm³/mol.